The van der Waals surface area contributed by atoms with E-state index in [9.17, 15) is 0 Å². The van der Waals surface area contributed by atoms with Crippen LogP contribution in [0.2, 0.25) is 5.02 Å². The Balaban J connectivity index is 2.15. The van der Waals surface area contributed by atoms with Crippen molar-refractivity contribution in [3.63, 3.8) is 0 Å². The van der Waals surface area contributed by atoms with Crippen LogP contribution in [0.4, 0.5) is 0 Å². The summed E-state index contributed by atoms with van der Waals surface area (Å²) in [5, 5.41) is 4.58. The number of benzene rings is 1. The first kappa shape index (κ1) is 16.8. The van der Waals surface area contributed by atoms with Gasteiger partial charge < -0.3 is 5.32 Å². The minimum absolute atomic E-state index is 0.148. The van der Waals surface area contributed by atoms with Crippen molar-refractivity contribution < 1.29 is 0 Å². The second-order valence-electron chi connectivity index (χ2n) is 6.61. The molecule has 1 N–H and O–H groups in total. The van der Waals surface area contributed by atoms with Gasteiger partial charge in [0.1, 0.15) is 0 Å². The highest BCUT2D eigenvalue weighted by Crippen LogP contribution is 2.27. The number of nitrogens with one attached hydrogen (secondary N) is 1. The van der Waals surface area contributed by atoms with Gasteiger partial charge in [0, 0.05) is 16.6 Å². The molecule has 2 nitrogen and oxygen atoms in total. The van der Waals surface area contributed by atoms with E-state index in [1.807, 2.05) is 12.1 Å². The standard InChI is InChI=1S/C18H29ClN2/c1-4-20-17(14-15-10-6-7-11-16(15)19)18(2,3)21-12-8-5-9-13-21/h6-7,10-11,17,20H,4-5,8-9,12-14H2,1-3H3. The summed E-state index contributed by atoms with van der Waals surface area (Å²) < 4.78 is 0. The molecule has 1 aliphatic rings. The van der Waals surface area contributed by atoms with Crippen molar-refractivity contribution in [2.45, 2.75) is 58.0 Å². The molecule has 0 spiro atoms. The average Bonchev–Trinajstić information content (AvgIpc) is 2.50. The molecule has 1 saturated heterocycles. The first-order valence-electron chi connectivity index (χ1n) is 8.27. The summed E-state index contributed by atoms with van der Waals surface area (Å²) in [5.74, 6) is 0. The summed E-state index contributed by atoms with van der Waals surface area (Å²) in [6.45, 7) is 10.4. The lowest BCUT2D eigenvalue weighted by Crippen LogP contribution is -2.59. The number of piperidine rings is 1. The highest BCUT2D eigenvalue weighted by molar-refractivity contribution is 6.31. The third-order valence-corrected chi connectivity index (χ3v) is 5.22. The molecule has 118 valence electrons. The minimum atomic E-state index is 0.148. The molecule has 0 amide bonds. The van der Waals surface area contributed by atoms with Gasteiger partial charge in [0.15, 0.2) is 0 Å². The summed E-state index contributed by atoms with van der Waals surface area (Å²) in [4.78, 5) is 2.65. The Labute approximate surface area is 134 Å². The monoisotopic (exact) mass is 308 g/mol. The number of nitrogens with zero attached hydrogens (tertiary/aromatic N) is 1. The zero-order valence-corrected chi connectivity index (χ0v) is 14.4. The Hall–Kier alpha value is -0.570. The topological polar surface area (TPSA) is 15.3 Å². The maximum atomic E-state index is 6.36. The van der Waals surface area contributed by atoms with Gasteiger partial charge in [-0.1, -0.05) is 43.1 Å². The zero-order chi connectivity index (χ0) is 15.3. The van der Waals surface area contributed by atoms with Crippen molar-refractivity contribution in [2.24, 2.45) is 0 Å². The lowest BCUT2D eigenvalue weighted by molar-refractivity contribution is 0.0616. The number of rotatable bonds is 6. The number of hydrogen-bond acceptors (Lipinski definition) is 2. The van der Waals surface area contributed by atoms with Crippen molar-refractivity contribution in [3.8, 4) is 0 Å². The third-order valence-electron chi connectivity index (χ3n) is 4.86. The van der Waals surface area contributed by atoms with Gasteiger partial charge in [-0.25, -0.2) is 0 Å². The lowest BCUT2D eigenvalue weighted by Gasteiger charge is -2.46. The SMILES string of the molecule is CCNC(Cc1ccccc1Cl)C(C)(C)N1CCCCC1. The van der Waals surface area contributed by atoms with Crippen molar-refractivity contribution in [3.05, 3.63) is 34.9 Å². The van der Waals surface area contributed by atoms with Gasteiger partial charge in [-0.2, -0.15) is 0 Å². The quantitative estimate of drug-likeness (QED) is 0.850. The number of hydrogen-bond donors (Lipinski definition) is 1. The van der Waals surface area contributed by atoms with Crippen LogP contribution in [-0.4, -0.2) is 36.1 Å². The first-order chi connectivity index (χ1) is 10.1. The summed E-state index contributed by atoms with van der Waals surface area (Å²) in [6.07, 6.45) is 5.02. The van der Waals surface area contributed by atoms with Gasteiger partial charge in [0.2, 0.25) is 0 Å². The molecule has 1 aliphatic heterocycles. The van der Waals surface area contributed by atoms with Crippen molar-refractivity contribution in [1.29, 1.82) is 0 Å². The minimum Gasteiger partial charge on any atom is -0.312 e. The van der Waals surface area contributed by atoms with Crippen LogP contribution < -0.4 is 5.32 Å². The van der Waals surface area contributed by atoms with Crippen LogP contribution in [0.25, 0.3) is 0 Å². The summed E-state index contributed by atoms with van der Waals surface area (Å²) >= 11 is 6.36. The smallest absolute Gasteiger partial charge is 0.0438 e. The van der Waals surface area contributed by atoms with E-state index < -0.39 is 0 Å². The average molecular weight is 309 g/mol. The molecule has 1 fully saturated rings. The molecule has 0 aromatic heterocycles. The Morgan fingerprint density at radius 2 is 1.86 bits per heavy atom. The molecule has 3 heteroatoms. The Morgan fingerprint density at radius 3 is 2.48 bits per heavy atom. The van der Waals surface area contributed by atoms with Gasteiger partial charge in [-0.05, 0) is 64.4 Å². The molecule has 0 saturated carbocycles. The van der Waals surface area contributed by atoms with Crippen LogP contribution in [-0.2, 0) is 6.42 Å². The van der Waals surface area contributed by atoms with Crippen LogP contribution >= 0.6 is 11.6 Å². The largest absolute Gasteiger partial charge is 0.312 e. The summed E-state index contributed by atoms with van der Waals surface area (Å²) in [7, 11) is 0. The van der Waals surface area contributed by atoms with E-state index >= 15 is 0 Å². The summed E-state index contributed by atoms with van der Waals surface area (Å²) in [6, 6.07) is 8.65. The molecule has 0 bridgehead atoms. The van der Waals surface area contributed by atoms with Crippen LogP contribution in [0.1, 0.15) is 45.6 Å². The fourth-order valence-electron chi connectivity index (χ4n) is 3.39. The predicted molar refractivity (Wildman–Crippen MR) is 92.1 cm³/mol. The molecule has 0 radical (unpaired) electrons. The predicted octanol–water partition coefficient (Wildman–Crippen LogP) is 4.13. The molecule has 1 aromatic rings. The Bertz CT molecular complexity index is 439. The summed E-state index contributed by atoms with van der Waals surface area (Å²) in [5.41, 5.74) is 1.39. The molecular formula is C18H29ClN2. The van der Waals surface area contributed by atoms with Gasteiger partial charge in [-0.3, -0.25) is 4.90 Å². The molecule has 21 heavy (non-hydrogen) atoms. The van der Waals surface area contributed by atoms with E-state index in [2.05, 4.69) is 43.1 Å². The second-order valence-corrected chi connectivity index (χ2v) is 7.01. The number of likely N-dealkylation sites (N-methyl/N-ethyl adjacent to an activating group) is 1. The Morgan fingerprint density at radius 1 is 1.19 bits per heavy atom. The highest BCUT2D eigenvalue weighted by Gasteiger charge is 2.35. The maximum absolute atomic E-state index is 6.36. The third kappa shape index (κ3) is 4.21. The van der Waals surface area contributed by atoms with Gasteiger partial charge in [-0.15, -0.1) is 0 Å². The maximum Gasteiger partial charge on any atom is 0.0438 e. The van der Waals surface area contributed by atoms with E-state index in [1.165, 1.54) is 37.9 Å². The van der Waals surface area contributed by atoms with Crippen LogP contribution in [0.5, 0.6) is 0 Å². The van der Waals surface area contributed by atoms with Gasteiger partial charge >= 0.3 is 0 Å². The number of likely N-dealkylation sites (tertiary alicyclic amines) is 1. The Kier molecular flexibility index (Phi) is 6.09. The fraction of sp³-hybridized carbons (Fsp3) is 0.667. The normalized spacial score (nSPS) is 18.7. The van der Waals surface area contributed by atoms with E-state index in [1.54, 1.807) is 0 Å². The van der Waals surface area contributed by atoms with Crippen molar-refractivity contribution in [1.82, 2.24) is 10.2 Å². The van der Waals surface area contributed by atoms with Crippen molar-refractivity contribution in [2.75, 3.05) is 19.6 Å². The molecule has 1 unspecified atom stereocenters. The van der Waals surface area contributed by atoms with Gasteiger partial charge in [0.05, 0.1) is 0 Å². The van der Waals surface area contributed by atoms with E-state index in [-0.39, 0.29) is 5.54 Å². The molecular weight excluding hydrogens is 280 g/mol. The first-order valence-corrected chi connectivity index (χ1v) is 8.65. The molecule has 1 aromatic carbocycles. The van der Waals surface area contributed by atoms with E-state index in [0.29, 0.717) is 6.04 Å². The molecule has 2 rings (SSSR count). The molecule has 1 heterocycles. The highest BCUT2D eigenvalue weighted by atomic mass is 35.5. The van der Waals surface area contributed by atoms with E-state index in [4.69, 9.17) is 11.6 Å². The van der Waals surface area contributed by atoms with E-state index in [0.717, 1.165) is 18.0 Å². The fourth-order valence-corrected chi connectivity index (χ4v) is 3.61. The van der Waals surface area contributed by atoms with Crippen LogP contribution in [0.15, 0.2) is 24.3 Å². The molecule has 0 aliphatic carbocycles. The van der Waals surface area contributed by atoms with Crippen LogP contribution in [0, 0.1) is 0 Å². The van der Waals surface area contributed by atoms with Gasteiger partial charge in [0.25, 0.3) is 0 Å². The lowest BCUT2D eigenvalue weighted by atomic mass is 9.86. The molecule has 1 atom stereocenters. The second kappa shape index (κ2) is 7.62. The number of halogens is 1. The van der Waals surface area contributed by atoms with Crippen LogP contribution in [0.3, 0.4) is 0 Å². The zero-order valence-electron chi connectivity index (χ0n) is 13.7. The van der Waals surface area contributed by atoms with Crippen molar-refractivity contribution >= 4 is 11.6 Å².